The lowest BCUT2D eigenvalue weighted by Crippen LogP contribution is -2.48. The summed E-state index contributed by atoms with van der Waals surface area (Å²) < 4.78 is 0.428. The summed E-state index contributed by atoms with van der Waals surface area (Å²) in [5.41, 5.74) is 11.1. The number of rotatable bonds is 30. The molecule has 0 unspecified atom stereocenters. The van der Waals surface area contributed by atoms with Crippen molar-refractivity contribution >= 4 is 81.2 Å². The Morgan fingerprint density at radius 1 is 0.688 bits per heavy atom. The fourth-order valence-electron chi connectivity index (χ4n) is 10.1. The van der Waals surface area contributed by atoms with E-state index in [1.165, 1.54) is 23.7 Å². The molecule has 1 fully saturated rings. The molecule has 0 spiro atoms. The largest absolute Gasteiger partial charge is 0.481 e. The van der Waals surface area contributed by atoms with Gasteiger partial charge in [0, 0.05) is 102 Å². The van der Waals surface area contributed by atoms with Crippen LogP contribution in [0.15, 0.2) is 70.6 Å². The lowest BCUT2D eigenvalue weighted by Gasteiger charge is -2.34. The van der Waals surface area contributed by atoms with Crippen LogP contribution in [0.3, 0.4) is 0 Å². The number of nitrogens with zero attached hydrogens (tertiary/aromatic N) is 6. The fraction of sp³-hybridized carbons (Fsp3) is 0.517. The second-order valence-corrected chi connectivity index (χ2v) is 22.1. The number of hydrogen-bond acceptors (Lipinski definition) is 13. The van der Waals surface area contributed by atoms with Crippen LogP contribution in [0.2, 0.25) is 0 Å². The van der Waals surface area contributed by atoms with Crippen molar-refractivity contribution in [2.45, 2.75) is 91.0 Å². The van der Waals surface area contributed by atoms with Crippen LogP contribution in [0.1, 0.15) is 94.4 Å². The van der Waals surface area contributed by atoms with Crippen LogP contribution in [0.5, 0.6) is 0 Å². The van der Waals surface area contributed by atoms with E-state index in [1.807, 2.05) is 21.1 Å². The van der Waals surface area contributed by atoms with E-state index in [1.54, 1.807) is 13.8 Å². The molecule has 0 aromatic heterocycles. The number of carboxylic acids is 3. The van der Waals surface area contributed by atoms with Gasteiger partial charge in [-0.15, -0.1) is 0 Å². The SMILES string of the molecule is CC(C)[C@H](NC(=O)[C@H](CCC(=O)O)CC(=O)[C@@H](C)CC(=O)O)C(=O)C[C@@H](CC(=O)O)C(=O)NCCCC(=O)C[N+](C)(C)CCN(C)c1ccc(C2=Nc3ccc(C4=Nc5ccc(N6CCN(C)CC6)cc5C4)cc3C2)cc1. The molecular weight excluding hydrogens is 985 g/mol. The summed E-state index contributed by atoms with van der Waals surface area (Å²) in [6.07, 6.45) is -0.817. The number of anilines is 2. The molecule has 3 aliphatic rings. The molecule has 1 saturated heterocycles. The number of nitrogens with one attached hydrogen (secondary N) is 2. The smallest absolute Gasteiger partial charge is 0.304 e. The highest BCUT2D eigenvalue weighted by atomic mass is 16.4. The fourth-order valence-corrected chi connectivity index (χ4v) is 10.1. The number of piperazine rings is 1. The van der Waals surface area contributed by atoms with Gasteiger partial charge in [0.2, 0.25) is 11.8 Å². The van der Waals surface area contributed by atoms with Crippen molar-refractivity contribution in [3.63, 3.8) is 0 Å². The summed E-state index contributed by atoms with van der Waals surface area (Å²) in [6.45, 7) is 10.5. The zero-order chi connectivity index (χ0) is 56.1. The summed E-state index contributed by atoms with van der Waals surface area (Å²) in [7, 11) is 8.16. The predicted molar refractivity (Wildman–Crippen MR) is 295 cm³/mol. The third-order valence-electron chi connectivity index (χ3n) is 14.9. The Hall–Kier alpha value is -7.12. The van der Waals surface area contributed by atoms with E-state index in [9.17, 15) is 48.6 Å². The number of fused-ring (bicyclic) bond motifs is 2. The van der Waals surface area contributed by atoms with Crippen molar-refractivity contribution < 1.29 is 58.2 Å². The predicted octanol–water partition coefficient (Wildman–Crippen LogP) is 5.51. The average Bonchev–Trinajstić information content (AvgIpc) is 4.03. The van der Waals surface area contributed by atoms with Gasteiger partial charge in [0.25, 0.3) is 0 Å². The van der Waals surface area contributed by atoms with Crippen molar-refractivity contribution in [1.82, 2.24) is 15.5 Å². The molecule has 4 atom stereocenters. The van der Waals surface area contributed by atoms with E-state index >= 15 is 0 Å². The van der Waals surface area contributed by atoms with Crippen LogP contribution in [0, 0.1) is 23.7 Å². The molecule has 3 aliphatic heterocycles. The van der Waals surface area contributed by atoms with Gasteiger partial charge < -0.3 is 45.1 Å². The number of quaternary nitrogens is 1. The molecule has 3 aromatic carbocycles. The lowest BCUT2D eigenvalue weighted by molar-refractivity contribution is -0.880. The minimum absolute atomic E-state index is 0.00850. The molecule has 2 amide bonds. The maximum absolute atomic E-state index is 13.6. The summed E-state index contributed by atoms with van der Waals surface area (Å²) in [4.78, 5) is 118. The van der Waals surface area contributed by atoms with Crippen molar-refractivity contribution in [1.29, 1.82) is 0 Å². The Morgan fingerprint density at radius 2 is 1.29 bits per heavy atom. The summed E-state index contributed by atoms with van der Waals surface area (Å²) in [5, 5.41) is 33.2. The van der Waals surface area contributed by atoms with Crippen LogP contribution < -0.4 is 20.4 Å². The van der Waals surface area contributed by atoms with Gasteiger partial charge in [-0.25, -0.2) is 0 Å². The molecule has 3 aromatic rings. The second kappa shape index (κ2) is 26.8. The van der Waals surface area contributed by atoms with Gasteiger partial charge in [-0.2, -0.15) is 0 Å². The Labute approximate surface area is 451 Å². The molecule has 0 radical (unpaired) electrons. The lowest BCUT2D eigenvalue weighted by atomic mass is 9.87. The number of hydrogen-bond donors (Lipinski definition) is 5. The van der Waals surface area contributed by atoms with Gasteiger partial charge in [-0.1, -0.05) is 39.0 Å². The third-order valence-corrected chi connectivity index (χ3v) is 14.9. The highest BCUT2D eigenvalue weighted by Crippen LogP contribution is 2.36. The number of aliphatic imine (C=N–C) groups is 2. The number of ketones is 3. The molecule has 19 heteroatoms. The first kappa shape index (κ1) is 59.1. The van der Waals surface area contributed by atoms with Crippen molar-refractivity contribution in [2.75, 3.05) is 90.3 Å². The number of carboxylic acid groups (broad SMARTS) is 3. The minimum Gasteiger partial charge on any atom is -0.481 e. The molecule has 0 aliphatic carbocycles. The highest BCUT2D eigenvalue weighted by molar-refractivity contribution is 6.10. The van der Waals surface area contributed by atoms with Crippen LogP contribution in [0.25, 0.3) is 0 Å². The second-order valence-electron chi connectivity index (χ2n) is 22.1. The van der Waals surface area contributed by atoms with Gasteiger partial charge in [-0.3, -0.25) is 48.3 Å². The van der Waals surface area contributed by atoms with E-state index in [4.69, 9.17) is 15.1 Å². The van der Waals surface area contributed by atoms with Crippen LogP contribution in [-0.2, 0) is 51.2 Å². The average molecular weight is 1060 g/mol. The van der Waals surface area contributed by atoms with Gasteiger partial charge >= 0.3 is 17.9 Å². The Morgan fingerprint density at radius 3 is 1.91 bits per heavy atom. The van der Waals surface area contributed by atoms with E-state index in [0.29, 0.717) is 17.6 Å². The van der Waals surface area contributed by atoms with E-state index < -0.39 is 103 Å². The van der Waals surface area contributed by atoms with Gasteiger partial charge in [0.15, 0.2) is 11.6 Å². The molecule has 5 N–H and O–H groups in total. The zero-order valence-electron chi connectivity index (χ0n) is 45.7. The number of carbonyl (C=O) groups is 8. The molecule has 414 valence electrons. The maximum Gasteiger partial charge on any atom is 0.304 e. The van der Waals surface area contributed by atoms with E-state index in [2.05, 4.69) is 93.0 Å². The third kappa shape index (κ3) is 17.2. The molecular formula is C58H77N8O11+. The Bertz CT molecular complexity index is 2740. The van der Waals surface area contributed by atoms with Crippen molar-refractivity contribution in [2.24, 2.45) is 33.7 Å². The molecule has 6 rings (SSSR count). The van der Waals surface area contributed by atoms with E-state index in [-0.39, 0.29) is 38.1 Å². The Kier molecular flexibility index (Phi) is 20.6. The molecule has 0 saturated carbocycles. The van der Waals surface area contributed by atoms with Gasteiger partial charge in [-0.05, 0) is 90.5 Å². The number of aliphatic carboxylic acids is 3. The van der Waals surface area contributed by atoms with Crippen LogP contribution in [0.4, 0.5) is 22.7 Å². The molecule has 0 bridgehead atoms. The number of carbonyl (C=O) groups excluding carboxylic acids is 5. The summed E-state index contributed by atoms with van der Waals surface area (Å²) in [5.74, 6) is -10.3. The quantitative estimate of drug-likeness (QED) is 0.0408. The first-order valence-electron chi connectivity index (χ1n) is 26.7. The first-order chi connectivity index (χ1) is 36.4. The van der Waals surface area contributed by atoms with Crippen LogP contribution >= 0.6 is 0 Å². The first-order valence-corrected chi connectivity index (χ1v) is 26.7. The van der Waals surface area contributed by atoms with E-state index in [0.717, 1.165) is 78.6 Å². The molecule has 3 heterocycles. The number of benzene rings is 3. The Balaban J connectivity index is 0.923. The number of likely N-dealkylation sites (N-methyl/N-ethyl adjacent to an activating group) is 3. The molecule has 19 nitrogen and oxygen atoms in total. The zero-order valence-corrected chi connectivity index (χ0v) is 45.7. The number of amides is 2. The maximum atomic E-state index is 13.6. The highest BCUT2D eigenvalue weighted by Gasteiger charge is 2.34. The summed E-state index contributed by atoms with van der Waals surface area (Å²) in [6, 6.07) is 20.3. The normalized spacial score (nSPS) is 15.8. The molecule has 77 heavy (non-hydrogen) atoms. The monoisotopic (exact) mass is 1060 g/mol. The van der Waals surface area contributed by atoms with Crippen molar-refractivity contribution in [3.05, 3.63) is 82.9 Å². The number of Topliss-reactive ketones (excluding diaryl/α,β-unsaturated/α-hetero) is 3. The minimum atomic E-state index is -1.32. The standard InChI is InChI=1S/C58H76N8O11/c1-36(2)56(62-58(77)40(13-19-53(70)71)32-51(68)37(3)27-54(72)73)52(69)33-43(34-55(74)75)57(76)59-20-8-9-46(67)35-66(6,7)26-25-64(5)44-14-10-38(11-15-44)49-30-41-28-39(12-17-47(41)60-49)50-31-42-29-45(16-18-48(42)61-50)65-23-21-63(4)22-24-65/h10-12,14-18,28-29,36-37,40,43,56H,8-9,13,19-27,30-35H2,1-7H3,(H4-,59,62,70,71,72,73,74,75,76,77)/p+1/t37-,40+,43-,56-/m0/s1. The summed E-state index contributed by atoms with van der Waals surface area (Å²) >= 11 is 0. The van der Waals surface area contributed by atoms with Crippen molar-refractivity contribution in [3.8, 4) is 0 Å². The van der Waals surface area contributed by atoms with Crippen LogP contribution in [-0.4, -0.2) is 170 Å². The topological polar surface area (TPSA) is 256 Å². The van der Waals surface area contributed by atoms with Gasteiger partial charge in [0.05, 0.1) is 74.8 Å². The van der Waals surface area contributed by atoms with Gasteiger partial charge in [0.1, 0.15) is 12.3 Å².